The summed E-state index contributed by atoms with van der Waals surface area (Å²) in [6, 6.07) is 5.64. The zero-order valence-corrected chi connectivity index (χ0v) is 13.1. The molecule has 0 saturated carbocycles. The SMILES string of the molecule is NN=C(c1ccc(Cl)c(Cl)c1)C12CN3CN(CN(C3)C1)C2. The van der Waals surface area contributed by atoms with E-state index in [2.05, 4.69) is 19.8 Å². The van der Waals surface area contributed by atoms with Gasteiger partial charge in [0.25, 0.3) is 0 Å². The number of nitrogens with zero attached hydrogens (tertiary/aromatic N) is 4. The number of halogens is 2. The Balaban J connectivity index is 1.74. The normalized spacial score (nSPS) is 38.0. The first-order valence-electron chi connectivity index (χ1n) is 7.00. The molecular weight excluding hydrogens is 309 g/mol. The van der Waals surface area contributed by atoms with E-state index in [0.29, 0.717) is 10.0 Å². The van der Waals surface area contributed by atoms with Gasteiger partial charge in [0.2, 0.25) is 0 Å². The molecule has 112 valence electrons. The largest absolute Gasteiger partial charge is 0.323 e. The molecule has 1 aromatic carbocycles. The molecule has 0 atom stereocenters. The predicted octanol–water partition coefficient (Wildman–Crippen LogP) is 1.46. The third kappa shape index (κ3) is 2.15. The summed E-state index contributed by atoms with van der Waals surface area (Å²) in [6.45, 7) is 6.11. The van der Waals surface area contributed by atoms with Crippen LogP contribution >= 0.6 is 23.2 Å². The number of hydrazone groups is 1. The zero-order valence-electron chi connectivity index (χ0n) is 11.6. The van der Waals surface area contributed by atoms with Crippen LogP contribution in [0.1, 0.15) is 5.56 Å². The van der Waals surface area contributed by atoms with Crippen molar-refractivity contribution in [2.75, 3.05) is 39.6 Å². The van der Waals surface area contributed by atoms with E-state index in [4.69, 9.17) is 29.0 Å². The molecule has 21 heavy (non-hydrogen) atoms. The van der Waals surface area contributed by atoms with Crippen molar-refractivity contribution in [3.05, 3.63) is 33.8 Å². The molecule has 4 aliphatic rings. The van der Waals surface area contributed by atoms with Gasteiger partial charge in [-0.25, -0.2) is 0 Å². The minimum absolute atomic E-state index is 0.0410. The summed E-state index contributed by atoms with van der Waals surface area (Å²) in [5.74, 6) is 5.77. The monoisotopic (exact) mass is 325 g/mol. The molecule has 0 radical (unpaired) electrons. The van der Waals surface area contributed by atoms with Crippen molar-refractivity contribution in [2.24, 2.45) is 16.4 Å². The van der Waals surface area contributed by atoms with Crippen LogP contribution in [0.25, 0.3) is 0 Å². The standard InChI is InChI=1S/C14H17Cl2N5/c15-11-2-1-10(3-12(11)16)13(18-17)14-4-19-7-20(5-14)9-21(6-14)8-19/h1-3H,4-9,17H2. The second-order valence-corrected chi connectivity index (χ2v) is 7.11. The van der Waals surface area contributed by atoms with Crippen molar-refractivity contribution >= 4 is 28.9 Å². The molecule has 4 bridgehead atoms. The van der Waals surface area contributed by atoms with Gasteiger partial charge in [-0.2, -0.15) is 5.10 Å². The average molecular weight is 326 g/mol. The summed E-state index contributed by atoms with van der Waals surface area (Å²) in [7, 11) is 0. The van der Waals surface area contributed by atoms with Crippen molar-refractivity contribution in [2.45, 2.75) is 0 Å². The molecule has 0 aliphatic carbocycles. The molecule has 0 aromatic heterocycles. The van der Waals surface area contributed by atoms with Crippen LogP contribution < -0.4 is 5.84 Å². The molecule has 7 heteroatoms. The third-order valence-electron chi connectivity index (χ3n) is 4.60. The highest BCUT2D eigenvalue weighted by molar-refractivity contribution is 6.42. The lowest BCUT2D eigenvalue weighted by atomic mass is 9.74. The lowest BCUT2D eigenvalue weighted by Crippen LogP contribution is -2.74. The van der Waals surface area contributed by atoms with E-state index in [9.17, 15) is 0 Å². The highest BCUT2D eigenvalue weighted by atomic mass is 35.5. The molecule has 2 N–H and O–H groups in total. The first-order valence-corrected chi connectivity index (χ1v) is 7.76. The number of nitrogens with two attached hydrogens (primary N) is 1. The van der Waals surface area contributed by atoms with Crippen LogP contribution in [0.2, 0.25) is 10.0 Å². The second kappa shape index (κ2) is 4.83. The lowest BCUT2D eigenvalue weighted by molar-refractivity contribution is -0.149. The van der Waals surface area contributed by atoms with Gasteiger partial charge < -0.3 is 5.84 Å². The maximum absolute atomic E-state index is 6.16. The Labute approximate surface area is 133 Å². The maximum atomic E-state index is 6.16. The van der Waals surface area contributed by atoms with Crippen LogP contribution in [0.5, 0.6) is 0 Å². The van der Waals surface area contributed by atoms with E-state index in [0.717, 1.165) is 50.9 Å². The molecular formula is C14H17Cl2N5. The number of benzene rings is 1. The van der Waals surface area contributed by atoms with E-state index in [1.54, 1.807) is 0 Å². The van der Waals surface area contributed by atoms with Crippen molar-refractivity contribution in [3.63, 3.8) is 0 Å². The lowest BCUT2D eigenvalue weighted by Gasteiger charge is -2.60. The van der Waals surface area contributed by atoms with Gasteiger partial charge in [-0.1, -0.05) is 29.3 Å². The van der Waals surface area contributed by atoms with Gasteiger partial charge in [0.1, 0.15) is 0 Å². The van der Waals surface area contributed by atoms with Gasteiger partial charge in [-0.05, 0) is 12.1 Å². The van der Waals surface area contributed by atoms with Gasteiger partial charge in [-0.15, -0.1) is 0 Å². The zero-order chi connectivity index (χ0) is 14.6. The Hall–Kier alpha value is -0.850. The van der Waals surface area contributed by atoms with Gasteiger partial charge in [-0.3, -0.25) is 14.7 Å². The maximum Gasteiger partial charge on any atom is 0.0773 e. The highest BCUT2D eigenvalue weighted by Gasteiger charge is 2.51. The fourth-order valence-corrected chi connectivity index (χ4v) is 4.40. The van der Waals surface area contributed by atoms with Crippen LogP contribution in [0.4, 0.5) is 0 Å². The van der Waals surface area contributed by atoms with Crippen molar-refractivity contribution in [3.8, 4) is 0 Å². The number of hydrogen-bond acceptors (Lipinski definition) is 5. The van der Waals surface area contributed by atoms with Crippen molar-refractivity contribution < 1.29 is 0 Å². The van der Waals surface area contributed by atoms with Crippen LogP contribution in [-0.2, 0) is 0 Å². The smallest absolute Gasteiger partial charge is 0.0773 e. The van der Waals surface area contributed by atoms with E-state index in [1.165, 1.54) is 0 Å². The molecule has 4 heterocycles. The molecule has 4 aliphatic heterocycles. The van der Waals surface area contributed by atoms with Crippen LogP contribution in [-0.4, -0.2) is 60.1 Å². The Morgan fingerprint density at radius 3 is 2.05 bits per heavy atom. The fraction of sp³-hybridized carbons (Fsp3) is 0.500. The predicted molar refractivity (Wildman–Crippen MR) is 84.3 cm³/mol. The minimum atomic E-state index is -0.0410. The van der Waals surface area contributed by atoms with Gasteiger partial charge in [0.05, 0.1) is 41.2 Å². The van der Waals surface area contributed by atoms with E-state index in [-0.39, 0.29) is 5.41 Å². The Kier molecular flexibility index (Phi) is 3.17. The topological polar surface area (TPSA) is 48.1 Å². The van der Waals surface area contributed by atoms with Crippen LogP contribution in [0, 0.1) is 5.41 Å². The summed E-state index contributed by atoms with van der Waals surface area (Å²) in [6.07, 6.45) is 0. The van der Waals surface area contributed by atoms with Gasteiger partial charge in [0.15, 0.2) is 0 Å². The Bertz CT molecular complexity index is 580. The molecule has 4 fully saturated rings. The Morgan fingerprint density at radius 1 is 1.00 bits per heavy atom. The summed E-state index contributed by atoms with van der Waals surface area (Å²) >= 11 is 12.2. The summed E-state index contributed by atoms with van der Waals surface area (Å²) in [5, 5.41) is 5.25. The third-order valence-corrected chi connectivity index (χ3v) is 5.34. The first-order chi connectivity index (χ1) is 10.1. The molecule has 5 nitrogen and oxygen atoms in total. The van der Waals surface area contributed by atoms with Gasteiger partial charge in [0, 0.05) is 25.2 Å². The van der Waals surface area contributed by atoms with Crippen molar-refractivity contribution in [1.29, 1.82) is 0 Å². The quantitative estimate of drug-likeness (QED) is 0.508. The highest BCUT2D eigenvalue weighted by Crippen LogP contribution is 2.39. The first kappa shape index (κ1) is 13.8. The van der Waals surface area contributed by atoms with E-state index >= 15 is 0 Å². The summed E-state index contributed by atoms with van der Waals surface area (Å²) in [4.78, 5) is 7.33. The van der Waals surface area contributed by atoms with Crippen LogP contribution in [0.3, 0.4) is 0 Å². The summed E-state index contributed by atoms with van der Waals surface area (Å²) in [5.41, 5.74) is 1.86. The average Bonchev–Trinajstić information content (AvgIpc) is 2.41. The van der Waals surface area contributed by atoms with E-state index < -0.39 is 0 Å². The molecule has 1 aromatic rings. The second-order valence-electron chi connectivity index (χ2n) is 6.30. The molecule has 4 saturated heterocycles. The fourth-order valence-electron chi connectivity index (χ4n) is 4.10. The molecule has 5 rings (SSSR count). The van der Waals surface area contributed by atoms with Crippen LogP contribution in [0.15, 0.2) is 23.3 Å². The molecule has 0 amide bonds. The van der Waals surface area contributed by atoms with E-state index in [1.807, 2.05) is 18.2 Å². The minimum Gasteiger partial charge on any atom is -0.323 e. The molecule has 0 unspecified atom stereocenters. The van der Waals surface area contributed by atoms with Gasteiger partial charge >= 0.3 is 0 Å². The Morgan fingerprint density at radius 2 is 1.57 bits per heavy atom. The van der Waals surface area contributed by atoms with Crippen molar-refractivity contribution in [1.82, 2.24) is 14.7 Å². The molecule has 0 spiro atoms. The number of hydrogen-bond donors (Lipinski definition) is 1. The summed E-state index contributed by atoms with van der Waals surface area (Å²) < 4.78 is 0. The number of rotatable bonds is 2.